The molecule has 8 nitrogen and oxygen atoms in total. The number of hydrogen-bond acceptors (Lipinski definition) is 6. The lowest BCUT2D eigenvalue weighted by atomic mass is 10.00. The predicted octanol–water partition coefficient (Wildman–Crippen LogP) is 4.01. The number of nitrogens with zero attached hydrogens (tertiary/aromatic N) is 4. The Morgan fingerprint density at radius 2 is 2.03 bits per heavy atom. The zero-order valence-corrected chi connectivity index (χ0v) is 18.2. The van der Waals surface area contributed by atoms with Crippen LogP contribution in [0, 0.1) is 0 Å². The highest BCUT2D eigenvalue weighted by atomic mass is 16.5. The number of amides is 1. The third kappa shape index (κ3) is 4.28. The first-order valence-electron chi connectivity index (χ1n) is 10.7. The van der Waals surface area contributed by atoms with Crippen LogP contribution in [0.25, 0.3) is 23.0 Å². The first-order valence-corrected chi connectivity index (χ1v) is 10.7. The number of hydrogen-bond donors (Lipinski definition) is 0. The molecule has 8 heteroatoms. The van der Waals surface area contributed by atoms with Gasteiger partial charge in [-0.15, -0.1) is 0 Å². The molecule has 1 saturated heterocycles. The molecular formula is C23H28N4O4. The summed E-state index contributed by atoms with van der Waals surface area (Å²) in [5, 5.41) is 4.12. The van der Waals surface area contributed by atoms with Crippen molar-refractivity contribution in [1.82, 2.24) is 19.6 Å². The Morgan fingerprint density at radius 3 is 2.81 bits per heavy atom. The third-order valence-electron chi connectivity index (χ3n) is 5.84. The van der Waals surface area contributed by atoms with Gasteiger partial charge in [0.25, 0.3) is 5.89 Å². The molecule has 0 unspecified atom stereocenters. The number of piperidine rings is 1. The van der Waals surface area contributed by atoms with Gasteiger partial charge in [-0.25, -0.2) is 0 Å². The Balaban J connectivity index is 1.54. The van der Waals surface area contributed by atoms with Gasteiger partial charge in [-0.3, -0.25) is 4.79 Å². The van der Waals surface area contributed by atoms with Crippen molar-refractivity contribution in [3.8, 4) is 34.5 Å². The first-order chi connectivity index (χ1) is 15.1. The van der Waals surface area contributed by atoms with E-state index in [2.05, 4.69) is 17.1 Å². The van der Waals surface area contributed by atoms with Crippen molar-refractivity contribution in [3.63, 3.8) is 0 Å². The van der Waals surface area contributed by atoms with Gasteiger partial charge in [-0.05, 0) is 56.0 Å². The molecular weight excluding hydrogens is 396 g/mol. The summed E-state index contributed by atoms with van der Waals surface area (Å²) in [6.07, 6.45) is 6.21. The molecule has 4 rings (SSSR count). The van der Waals surface area contributed by atoms with Crippen LogP contribution in [0.3, 0.4) is 0 Å². The molecule has 1 atom stereocenters. The van der Waals surface area contributed by atoms with E-state index in [9.17, 15) is 4.79 Å². The van der Waals surface area contributed by atoms with Crippen LogP contribution in [-0.4, -0.2) is 52.3 Å². The van der Waals surface area contributed by atoms with Gasteiger partial charge in [0.05, 0.1) is 14.2 Å². The molecule has 0 bridgehead atoms. The fourth-order valence-electron chi connectivity index (χ4n) is 4.16. The number of carbonyl (C=O) groups is 1. The van der Waals surface area contributed by atoms with Crippen molar-refractivity contribution in [2.24, 2.45) is 0 Å². The lowest BCUT2D eigenvalue weighted by Crippen LogP contribution is -2.44. The normalized spacial score (nSPS) is 16.4. The maximum atomic E-state index is 13.0. The van der Waals surface area contributed by atoms with Crippen LogP contribution >= 0.6 is 0 Å². The van der Waals surface area contributed by atoms with Gasteiger partial charge in [-0.2, -0.15) is 4.98 Å². The predicted molar refractivity (Wildman–Crippen MR) is 116 cm³/mol. The Kier molecular flexibility index (Phi) is 6.25. The minimum Gasteiger partial charge on any atom is -0.493 e. The van der Waals surface area contributed by atoms with E-state index in [0.717, 1.165) is 37.1 Å². The average molecular weight is 425 g/mol. The summed E-state index contributed by atoms with van der Waals surface area (Å²) in [5.41, 5.74) is 1.47. The summed E-state index contributed by atoms with van der Waals surface area (Å²) in [4.78, 5) is 19.6. The zero-order chi connectivity index (χ0) is 21.8. The van der Waals surface area contributed by atoms with Gasteiger partial charge in [-0.1, -0.05) is 12.1 Å². The van der Waals surface area contributed by atoms with Crippen LogP contribution in [-0.2, 0) is 11.3 Å². The molecule has 0 saturated carbocycles. The van der Waals surface area contributed by atoms with E-state index in [1.54, 1.807) is 26.4 Å². The fraction of sp³-hybridized carbons (Fsp3) is 0.435. The molecule has 31 heavy (non-hydrogen) atoms. The van der Waals surface area contributed by atoms with Crippen LogP contribution in [0.4, 0.5) is 0 Å². The molecule has 1 fully saturated rings. The third-order valence-corrected chi connectivity index (χ3v) is 5.84. The van der Waals surface area contributed by atoms with E-state index in [1.165, 1.54) is 6.42 Å². The monoisotopic (exact) mass is 424 g/mol. The van der Waals surface area contributed by atoms with Gasteiger partial charge >= 0.3 is 0 Å². The molecule has 0 spiro atoms. The molecule has 1 amide bonds. The molecule has 0 radical (unpaired) electrons. The number of likely N-dealkylation sites (tertiary alicyclic amines) is 1. The van der Waals surface area contributed by atoms with Crippen LogP contribution in [0.5, 0.6) is 11.5 Å². The van der Waals surface area contributed by atoms with Crippen molar-refractivity contribution in [2.75, 3.05) is 20.8 Å². The highest BCUT2D eigenvalue weighted by Gasteiger charge is 2.26. The lowest BCUT2D eigenvalue weighted by Gasteiger charge is -2.35. The van der Waals surface area contributed by atoms with E-state index in [1.807, 2.05) is 33.9 Å². The maximum absolute atomic E-state index is 13.0. The standard InChI is InChI=1S/C23H28N4O4/c1-4-17-8-5-6-13-27(17)21(28)15-26-12-7-9-18(26)23-24-22(25-31-23)16-10-11-19(29-2)20(14-16)30-3/h7,9-12,14,17H,4-6,8,13,15H2,1-3H3/t17-/m0/s1. The summed E-state index contributed by atoms with van der Waals surface area (Å²) in [6.45, 7) is 3.23. The number of benzene rings is 1. The fourth-order valence-corrected chi connectivity index (χ4v) is 4.16. The number of methoxy groups -OCH3 is 2. The Hall–Kier alpha value is -3.29. The lowest BCUT2D eigenvalue weighted by molar-refractivity contribution is -0.135. The van der Waals surface area contributed by atoms with Crippen LogP contribution < -0.4 is 9.47 Å². The zero-order valence-electron chi connectivity index (χ0n) is 18.2. The minimum atomic E-state index is 0.128. The highest BCUT2D eigenvalue weighted by Crippen LogP contribution is 2.32. The molecule has 1 aromatic carbocycles. The molecule has 1 aliphatic rings. The SMILES string of the molecule is CC[C@H]1CCCCN1C(=O)Cn1cccc1-c1nc(-c2ccc(OC)c(OC)c2)no1. The smallest absolute Gasteiger partial charge is 0.274 e. The molecule has 1 aliphatic heterocycles. The Morgan fingerprint density at radius 1 is 1.19 bits per heavy atom. The van der Waals surface area contributed by atoms with E-state index >= 15 is 0 Å². The molecule has 3 heterocycles. The van der Waals surface area contributed by atoms with Crippen LogP contribution in [0.1, 0.15) is 32.6 Å². The van der Waals surface area contributed by atoms with Gasteiger partial charge in [0.1, 0.15) is 12.2 Å². The van der Waals surface area contributed by atoms with Crippen molar-refractivity contribution in [3.05, 3.63) is 36.5 Å². The molecule has 0 aliphatic carbocycles. The summed E-state index contributed by atoms with van der Waals surface area (Å²) in [6, 6.07) is 9.55. The van der Waals surface area contributed by atoms with Crippen LogP contribution in [0.15, 0.2) is 41.1 Å². The molecule has 0 N–H and O–H groups in total. The second-order valence-electron chi connectivity index (χ2n) is 7.66. The van der Waals surface area contributed by atoms with Gasteiger partial charge in [0, 0.05) is 24.3 Å². The van der Waals surface area contributed by atoms with Crippen molar-refractivity contribution >= 4 is 5.91 Å². The van der Waals surface area contributed by atoms with Crippen molar-refractivity contribution in [1.29, 1.82) is 0 Å². The Bertz CT molecular complexity index is 1040. The van der Waals surface area contributed by atoms with E-state index in [0.29, 0.717) is 29.3 Å². The van der Waals surface area contributed by atoms with Gasteiger partial charge in [0.15, 0.2) is 11.5 Å². The van der Waals surface area contributed by atoms with E-state index in [-0.39, 0.29) is 12.5 Å². The minimum absolute atomic E-state index is 0.128. The Labute approximate surface area is 181 Å². The summed E-state index contributed by atoms with van der Waals surface area (Å²) >= 11 is 0. The van der Waals surface area contributed by atoms with E-state index in [4.69, 9.17) is 14.0 Å². The summed E-state index contributed by atoms with van der Waals surface area (Å²) < 4.78 is 18.0. The molecule has 2 aromatic heterocycles. The number of ether oxygens (including phenoxy) is 2. The maximum Gasteiger partial charge on any atom is 0.274 e. The number of aromatic nitrogens is 3. The van der Waals surface area contributed by atoms with Gasteiger partial charge < -0.3 is 23.5 Å². The second kappa shape index (κ2) is 9.24. The topological polar surface area (TPSA) is 82.6 Å². The summed E-state index contributed by atoms with van der Waals surface area (Å²) in [7, 11) is 3.17. The van der Waals surface area contributed by atoms with Crippen molar-refractivity contribution in [2.45, 2.75) is 45.2 Å². The quantitative estimate of drug-likeness (QED) is 0.570. The number of carbonyl (C=O) groups excluding carboxylic acids is 1. The largest absolute Gasteiger partial charge is 0.493 e. The highest BCUT2D eigenvalue weighted by molar-refractivity contribution is 5.77. The molecule has 3 aromatic rings. The number of rotatable bonds is 7. The first kappa shape index (κ1) is 21.0. The summed E-state index contributed by atoms with van der Waals surface area (Å²) in [5.74, 6) is 2.16. The van der Waals surface area contributed by atoms with Crippen molar-refractivity contribution < 1.29 is 18.8 Å². The molecule has 164 valence electrons. The van der Waals surface area contributed by atoms with E-state index < -0.39 is 0 Å². The van der Waals surface area contributed by atoms with Gasteiger partial charge in [0.2, 0.25) is 11.7 Å². The van der Waals surface area contributed by atoms with Crippen LogP contribution in [0.2, 0.25) is 0 Å². The average Bonchev–Trinajstić information content (AvgIpc) is 3.48. The second-order valence-corrected chi connectivity index (χ2v) is 7.66.